The van der Waals surface area contributed by atoms with Crippen LogP contribution in [-0.4, -0.2) is 33.2 Å². The van der Waals surface area contributed by atoms with Gasteiger partial charge in [0.2, 0.25) is 5.95 Å². The van der Waals surface area contributed by atoms with Gasteiger partial charge in [0, 0.05) is 30.4 Å². The lowest BCUT2D eigenvalue weighted by Gasteiger charge is -2.11. The number of aliphatic hydroxyl groups is 1. The summed E-state index contributed by atoms with van der Waals surface area (Å²) in [7, 11) is 0. The molecule has 0 bridgehead atoms. The lowest BCUT2D eigenvalue weighted by atomic mass is 10.2. The Hall–Kier alpha value is -2.70. The number of hydrogen-bond donors (Lipinski definition) is 3. The van der Waals surface area contributed by atoms with Crippen LogP contribution in [0, 0.1) is 0 Å². The van der Waals surface area contributed by atoms with E-state index >= 15 is 0 Å². The predicted molar refractivity (Wildman–Crippen MR) is 99.6 cm³/mol. The van der Waals surface area contributed by atoms with E-state index in [1.807, 2.05) is 48.5 Å². The molecule has 3 aromatic rings. The zero-order chi connectivity index (χ0) is 17.5. The van der Waals surface area contributed by atoms with E-state index in [4.69, 9.17) is 16.7 Å². The van der Waals surface area contributed by atoms with Gasteiger partial charge in [-0.25, -0.2) is 4.98 Å². The molecule has 7 heteroatoms. The SMILES string of the molecule is OCCNc1nc(NCc2ccc(Cl)cc2)cc(-c2ccccn2)n1. The molecule has 25 heavy (non-hydrogen) atoms. The Morgan fingerprint density at radius 3 is 2.52 bits per heavy atom. The Kier molecular flexibility index (Phi) is 5.77. The van der Waals surface area contributed by atoms with E-state index in [-0.39, 0.29) is 6.61 Å². The number of nitrogens with one attached hydrogen (secondary N) is 2. The van der Waals surface area contributed by atoms with Gasteiger partial charge in [-0.3, -0.25) is 4.98 Å². The summed E-state index contributed by atoms with van der Waals surface area (Å²) in [5.74, 6) is 1.11. The number of halogens is 1. The first-order valence-electron chi connectivity index (χ1n) is 7.88. The Morgan fingerprint density at radius 1 is 0.960 bits per heavy atom. The number of pyridine rings is 1. The van der Waals surface area contributed by atoms with Gasteiger partial charge in [-0.05, 0) is 29.8 Å². The van der Waals surface area contributed by atoms with Crippen LogP contribution in [0.4, 0.5) is 11.8 Å². The summed E-state index contributed by atoms with van der Waals surface area (Å²) in [5.41, 5.74) is 2.55. The molecule has 0 amide bonds. The van der Waals surface area contributed by atoms with Crippen LogP contribution < -0.4 is 10.6 Å². The second-order valence-corrected chi connectivity index (χ2v) is 5.74. The summed E-state index contributed by atoms with van der Waals surface area (Å²) in [6.07, 6.45) is 1.72. The molecule has 128 valence electrons. The van der Waals surface area contributed by atoms with E-state index in [1.54, 1.807) is 6.20 Å². The average Bonchev–Trinajstić information content (AvgIpc) is 2.66. The van der Waals surface area contributed by atoms with Gasteiger partial charge in [-0.15, -0.1) is 0 Å². The molecule has 0 radical (unpaired) electrons. The normalized spacial score (nSPS) is 10.5. The molecular weight excluding hydrogens is 338 g/mol. The van der Waals surface area contributed by atoms with Gasteiger partial charge in [0.25, 0.3) is 0 Å². The number of hydrogen-bond acceptors (Lipinski definition) is 6. The quantitative estimate of drug-likeness (QED) is 0.603. The molecule has 0 saturated carbocycles. The summed E-state index contributed by atoms with van der Waals surface area (Å²) in [5, 5.41) is 16.0. The second-order valence-electron chi connectivity index (χ2n) is 5.31. The van der Waals surface area contributed by atoms with E-state index in [1.165, 1.54) is 0 Å². The van der Waals surface area contributed by atoms with Crippen LogP contribution in [0.15, 0.2) is 54.7 Å². The molecule has 1 aromatic carbocycles. The van der Waals surface area contributed by atoms with Crippen molar-refractivity contribution < 1.29 is 5.11 Å². The maximum absolute atomic E-state index is 9.00. The van der Waals surface area contributed by atoms with Crippen molar-refractivity contribution in [1.29, 1.82) is 0 Å². The largest absolute Gasteiger partial charge is 0.395 e. The minimum Gasteiger partial charge on any atom is -0.395 e. The standard InChI is InChI=1S/C18H18ClN5O/c19-14-6-4-13(5-7-14)12-22-17-11-16(15-3-1-2-8-20-15)23-18(24-17)21-9-10-25/h1-8,11,25H,9-10,12H2,(H2,21,22,23,24). The Balaban J connectivity index is 1.82. The Morgan fingerprint density at radius 2 is 1.80 bits per heavy atom. The molecule has 6 nitrogen and oxygen atoms in total. The van der Waals surface area contributed by atoms with E-state index in [2.05, 4.69) is 25.6 Å². The molecule has 0 spiro atoms. The van der Waals surface area contributed by atoms with E-state index in [9.17, 15) is 0 Å². The maximum atomic E-state index is 9.00. The molecule has 0 fully saturated rings. The fourth-order valence-electron chi connectivity index (χ4n) is 2.22. The van der Waals surface area contributed by atoms with Crippen LogP contribution in [0.3, 0.4) is 0 Å². The van der Waals surface area contributed by atoms with Gasteiger partial charge in [-0.2, -0.15) is 4.98 Å². The number of aliphatic hydroxyl groups excluding tert-OH is 1. The zero-order valence-electron chi connectivity index (χ0n) is 13.5. The Labute approximate surface area is 150 Å². The third-order valence-electron chi connectivity index (χ3n) is 3.44. The molecule has 0 saturated heterocycles. The first-order valence-corrected chi connectivity index (χ1v) is 8.26. The predicted octanol–water partition coefficient (Wildman–Crippen LogP) is 3.21. The summed E-state index contributed by atoms with van der Waals surface area (Å²) < 4.78 is 0. The lowest BCUT2D eigenvalue weighted by molar-refractivity contribution is 0.311. The molecule has 3 rings (SSSR count). The summed E-state index contributed by atoms with van der Waals surface area (Å²) in [4.78, 5) is 13.2. The maximum Gasteiger partial charge on any atom is 0.225 e. The van der Waals surface area contributed by atoms with Crippen LogP contribution in [0.1, 0.15) is 5.56 Å². The van der Waals surface area contributed by atoms with Crippen molar-refractivity contribution >= 4 is 23.4 Å². The number of rotatable bonds is 7. The van der Waals surface area contributed by atoms with Gasteiger partial charge < -0.3 is 15.7 Å². The van der Waals surface area contributed by atoms with Crippen LogP contribution in [0.2, 0.25) is 5.02 Å². The first-order chi connectivity index (χ1) is 12.2. The third-order valence-corrected chi connectivity index (χ3v) is 3.69. The number of aromatic nitrogens is 3. The molecule has 3 N–H and O–H groups in total. The highest BCUT2D eigenvalue weighted by atomic mass is 35.5. The lowest BCUT2D eigenvalue weighted by Crippen LogP contribution is -2.11. The smallest absolute Gasteiger partial charge is 0.225 e. The highest BCUT2D eigenvalue weighted by molar-refractivity contribution is 6.30. The highest BCUT2D eigenvalue weighted by Crippen LogP contribution is 2.20. The van der Waals surface area contributed by atoms with Gasteiger partial charge in [0.05, 0.1) is 18.0 Å². The fourth-order valence-corrected chi connectivity index (χ4v) is 2.35. The highest BCUT2D eigenvalue weighted by Gasteiger charge is 2.07. The van der Waals surface area contributed by atoms with Gasteiger partial charge in [0.15, 0.2) is 0 Å². The van der Waals surface area contributed by atoms with Gasteiger partial charge in [0.1, 0.15) is 5.82 Å². The molecule has 0 aliphatic carbocycles. The third kappa shape index (κ3) is 4.89. The van der Waals surface area contributed by atoms with Crippen LogP contribution in [0.5, 0.6) is 0 Å². The molecule has 0 unspecified atom stereocenters. The topological polar surface area (TPSA) is 83.0 Å². The van der Waals surface area contributed by atoms with E-state index in [0.29, 0.717) is 35.6 Å². The minimum absolute atomic E-state index is 0.00467. The van der Waals surface area contributed by atoms with Crippen molar-refractivity contribution in [2.45, 2.75) is 6.54 Å². The van der Waals surface area contributed by atoms with Crippen molar-refractivity contribution in [3.63, 3.8) is 0 Å². The summed E-state index contributed by atoms with van der Waals surface area (Å²) in [6, 6.07) is 15.1. The molecule has 0 aliphatic rings. The van der Waals surface area contributed by atoms with Crippen molar-refractivity contribution in [3.05, 3.63) is 65.3 Å². The van der Waals surface area contributed by atoms with Gasteiger partial charge >= 0.3 is 0 Å². The molecule has 0 aliphatic heterocycles. The van der Waals surface area contributed by atoms with E-state index < -0.39 is 0 Å². The van der Waals surface area contributed by atoms with E-state index in [0.717, 1.165) is 11.3 Å². The first kappa shape index (κ1) is 17.1. The Bertz CT molecular complexity index is 811. The van der Waals surface area contributed by atoms with Crippen molar-refractivity contribution in [3.8, 4) is 11.4 Å². The van der Waals surface area contributed by atoms with Crippen LogP contribution in [-0.2, 0) is 6.54 Å². The average molecular weight is 356 g/mol. The van der Waals surface area contributed by atoms with Crippen molar-refractivity contribution in [2.24, 2.45) is 0 Å². The molecule has 2 aromatic heterocycles. The summed E-state index contributed by atoms with van der Waals surface area (Å²) >= 11 is 5.91. The summed E-state index contributed by atoms with van der Waals surface area (Å²) in [6.45, 7) is 0.988. The molecule has 0 atom stereocenters. The second kappa shape index (κ2) is 8.41. The van der Waals surface area contributed by atoms with Gasteiger partial charge in [-0.1, -0.05) is 29.8 Å². The molecule has 2 heterocycles. The number of nitrogens with zero attached hydrogens (tertiary/aromatic N) is 3. The fraction of sp³-hybridized carbons (Fsp3) is 0.167. The van der Waals surface area contributed by atoms with Crippen molar-refractivity contribution in [2.75, 3.05) is 23.8 Å². The number of benzene rings is 1. The van der Waals surface area contributed by atoms with Crippen LogP contribution >= 0.6 is 11.6 Å². The van der Waals surface area contributed by atoms with Crippen LogP contribution in [0.25, 0.3) is 11.4 Å². The van der Waals surface area contributed by atoms with Crippen molar-refractivity contribution in [1.82, 2.24) is 15.0 Å². The minimum atomic E-state index is 0.00467. The zero-order valence-corrected chi connectivity index (χ0v) is 14.2. The monoisotopic (exact) mass is 355 g/mol. The molecular formula is C18H18ClN5O. The number of anilines is 2.